The Labute approximate surface area is 151 Å². The van der Waals surface area contributed by atoms with Gasteiger partial charge in [0.15, 0.2) is 11.5 Å². The fraction of sp³-hybridized carbons (Fsp3) is 0.200. The highest BCUT2D eigenvalue weighted by molar-refractivity contribution is 6.14. The Hall–Kier alpha value is -3.28. The van der Waals surface area contributed by atoms with E-state index in [1.807, 2.05) is 42.5 Å². The molecule has 2 aromatic carbocycles. The molecular formula is C20H18N2O4. The van der Waals surface area contributed by atoms with E-state index in [-0.39, 0.29) is 12.7 Å². The van der Waals surface area contributed by atoms with Gasteiger partial charge in [-0.05, 0) is 47.9 Å². The second kappa shape index (κ2) is 6.92. The summed E-state index contributed by atoms with van der Waals surface area (Å²) in [5.41, 5.74) is 2.41. The number of rotatable bonds is 5. The number of hydrogen-bond donors (Lipinski definition) is 1. The van der Waals surface area contributed by atoms with Crippen LogP contribution in [0.1, 0.15) is 17.5 Å². The Balaban J connectivity index is 1.44. The van der Waals surface area contributed by atoms with E-state index in [0.717, 1.165) is 23.3 Å². The number of amidine groups is 1. The number of nitrogens with zero attached hydrogens (tertiary/aromatic N) is 1. The van der Waals surface area contributed by atoms with Gasteiger partial charge in [-0.3, -0.25) is 4.79 Å². The third-order valence-corrected chi connectivity index (χ3v) is 4.26. The molecule has 1 amide bonds. The minimum Gasteiger partial charge on any atom is -0.497 e. The van der Waals surface area contributed by atoms with Gasteiger partial charge >= 0.3 is 0 Å². The average Bonchev–Trinajstić information content (AvgIpc) is 3.27. The Bertz CT molecular complexity index is 901. The molecule has 0 aromatic heterocycles. The molecule has 0 radical (unpaired) electrons. The van der Waals surface area contributed by atoms with Crippen LogP contribution < -0.4 is 19.5 Å². The molecule has 0 unspecified atom stereocenters. The molecule has 0 fully saturated rings. The maximum atomic E-state index is 12.2. The number of carbonyl (C=O) groups excluding carboxylic acids is 1. The van der Waals surface area contributed by atoms with Gasteiger partial charge in [0.25, 0.3) is 5.91 Å². The van der Waals surface area contributed by atoms with Gasteiger partial charge in [-0.15, -0.1) is 0 Å². The van der Waals surface area contributed by atoms with Gasteiger partial charge in [-0.25, -0.2) is 4.99 Å². The van der Waals surface area contributed by atoms with Gasteiger partial charge in [0.1, 0.15) is 17.3 Å². The van der Waals surface area contributed by atoms with E-state index in [1.165, 1.54) is 0 Å². The summed E-state index contributed by atoms with van der Waals surface area (Å²) >= 11 is 0. The van der Waals surface area contributed by atoms with Gasteiger partial charge in [-0.2, -0.15) is 0 Å². The molecule has 0 saturated heterocycles. The van der Waals surface area contributed by atoms with Crippen LogP contribution in [0.2, 0.25) is 0 Å². The van der Waals surface area contributed by atoms with Gasteiger partial charge in [0, 0.05) is 6.42 Å². The summed E-state index contributed by atoms with van der Waals surface area (Å²) in [7, 11) is 1.64. The minimum atomic E-state index is -0.188. The van der Waals surface area contributed by atoms with Crippen LogP contribution in [0.5, 0.6) is 17.2 Å². The van der Waals surface area contributed by atoms with Crippen LogP contribution in [-0.2, 0) is 11.2 Å². The molecular weight excluding hydrogens is 332 g/mol. The number of methoxy groups -OCH3 is 1. The van der Waals surface area contributed by atoms with E-state index in [2.05, 4.69) is 10.3 Å². The highest BCUT2D eigenvalue weighted by Crippen LogP contribution is 2.33. The second-order valence-electron chi connectivity index (χ2n) is 6.00. The third kappa shape index (κ3) is 3.39. The number of aryl methyl sites for hydroxylation is 1. The monoisotopic (exact) mass is 350 g/mol. The largest absolute Gasteiger partial charge is 0.497 e. The molecule has 132 valence electrons. The lowest BCUT2D eigenvalue weighted by Gasteiger charge is -2.03. The zero-order chi connectivity index (χ0) is 17.9. The average molecular weight is 350 g/mol. The molecule has 0 atom stereocenters. The van der Waals surface area contributed by atoms with Gasteiger partial charge in [0.05, 0.1) is 7.11 Å². The van der Waals surface area contributed by atoms with Crippen LogP contribution in [0.3, 0.4) is 0 Å². The summed E-state index contributed by atoms with van der Waals surface area (Å²) in [5, 5.41) is 2.83. The van der Waals surface area contributed by atoms with Crippen LogP contribution in [-0.4, -0.2) is 25.6 Å². The van der Waals surface area contributed by atoms with Crippen LogP contribution in [0.15, 0.2) is 53.2 Å². The van der Waals surface area contributed by atoms with Crippen LogP contribution in [0, 0.1) is 0 Å². The van der Waals surface area contributed by atoms with E-state index < -0.39 is 0 Å². The zero-order valence-corrected chi connectivity index (χ0v) is 14.3. The number of nitrogens with one attached hydrogen (secondary N) is 1. The number of aliphatic imine (C=N–C) groups is 1. The highest BCUT2D eigenvalue weighted by Gasteiger charge is 2.20. The van der Waals surface area contributed by atoms with Crippen LogP contribution in [0.25, 0.3) is 6.08 Å². The van der Waals surface area contributed by atoms with E-state index in [9.17, 15) is 4.79 Å². The molecule has 6 nitrogen and oxygen atoms in total. The number of ether oxygens (including phenoxy) is 3. The Kier molecular flexibility index (Phi) is 4.31. The Morgan fingerprint density at radius 1 is 1.12 bits per heavy atom. The van der Waals surface area contributed by atoms with Crippen molar-refractivity contribution >= 4 is 17.8 Å². The molecule has 0 saturated carbocycles. The van der Waals surface area contributed by atoms with Crippen molar-refractivity contribution in [3.8, 4) is 17.2 Å². The van der Waals surface area contributed by atoms with Gasteiger partial charge in [-0.1, -0.05) is 18.2 Å². The van der Waals surface area contributed by atoms with Crippen molar-refractivity contribution in [2.75, 3.05) is 13.9 Å². The predicted octanol–water partition coefficient (Wildman–Crippen LogP) is 2.93. The van der Waals surface area contributed by atoms with Crippen molar-refractivity contribution < 1.29 is 19.0 Å². The molecule has 6 heteroatoms. The highest BCUT2D eigenvalue weighted by atomic mass is 16.7. The van der Waals surface area contributed by atoms with Crippen molar-refractivity contribution in [3.63, 3.8) is 0 Å². The van der Waals surface area contributed by atoms with E-state index in [1.54, 1.807) is 13.2 Å². The predicted molar refractivity (Wildman–Crippen MR) is 97.4 cm³/mol. The maximum Gasteiger partial charge on any atom is 0.275 e. The molecule has 2 aromatic rings. The van der Waals surface area contributed by atoms with E-state index in [4.69, 9.17) is 14.2 Å². The van der Waals surface area contributed by atoms with Crippen molar-refractivity contribution in [3.05, 3.63) is 59.3 Å². The summed E-state index contributed by atoms with van der Waals surface area (Å²) in [4.78, 5) is 16.6. The number of fused-ring (bicyclic) bond motifs is 1. The normalized spacial score (nSPS) is 16.6. The summed E-state index contributed by atoms with van der Waals surface area (Å²) < 4.78 is 15.8. The van der Waals surface area contributed by atoms with Gasteiger partial charge < -0.3 is 19.5 Å². The lowest BCUT2D eigenvalue weighted by Crippen LogP contribution is -2.24. The number of carbonyl (C=O) groups is 1. The first-order valence-corrected chi connectivity index (χ1v) is 8.34. The first-order valence-electron chi connectivity index (χ1n) is 8.34. The Morgan fingerprint density at radius 3 is 2.73 bits per heavy atom. The number of hydrogen-bond acceptors (Lipinski definition) is 5. The topological polar surface area (TPSA) is 69.1 Å². The molecule has 0 spiro atoms. The van der Waals surface area contributed by atoms with Crippen molar-refractivity contribution in [1.29, 1.82) is 0 Å². The summed E-state index contributed by atoms with van der Waals surface area (Å²) in [6, 6.07) is 13.4. The molecule has 2 heterocycles. The number of amides is 1. The molecule has 0 aliphatic carbocycles. The van der Waals surface area contributed by atoms with Crippen molar-refractivity contribution in [2.24, 2.45) is 4.99 Å². The van der Waals surface area contributed by atoms with Crippen molar-refractivity contribution in [2.45, 2.75) is 12.8 Å². The molecule has 0 bridgehead atoms. The zero-order valence-electron chi connectivity index (χ0n) is 14.3. The first-order chi connectivity index (χ1) is 12.7. The van der Waals surface area contributed by atoms with E-state index >= 15 is 0 Å². The quantitative estimate of drug-likeness (QED) is 0.842. The summed E-state index contributed by atoms with van der Waals surface area (Å²) in [5.74, 6) is 2.72. The molecule has 1 N–H and O–H groups in total. The number of benzene rings is 2. The second-order valence-corrected chi connectivity index (χ2v) is 6.00. The standard InChI is InChI=1S/C20H18N2O4/c1-24-15-6-2-13(3-7-15)5-9-19-21-16(20(23)22-19)10-14-4-8-17-18(11-14)26-12-25-17/h2-4,6-8,10-11H,5,9,12H2,1H3,(H,21,22,23)/b16-10+. The maximum absolute atomic E-state index is 12.2. The summed E-state index contributed by atoms with van der Waals surface area (Å²) in [6.45, 7) is 0.226. The summed E-state index contributed by atoms with van der Waals surface area (Å²) in [6.07, 6.45) is 3.20. The molecule has 26 heavy (non-hydrogen) atoms. The van der Waals surface area contributed by atoms with Crippen LogP contribution >= 0.6 is 0 Å². The fourth-order valence-corrected chi connectivity index (χ4v) is 2.85. The lowest BCUT2D eigenvalue weighted by molar-refractivity contribution is -0.115. The van der Waals surface area contributed by atoms with Crippen LogP contribution in [0.4, 0.5) is 0 Å². The SMILES string of the molecule is COc1ccc(CCC2=N/C(=C/c3ccc4c(c3)OCO4)C(=O)N2)cc1. The Morgan fingerprint density at radius 2 is 1.92 bits per heavy atom. The minimum absolute atomic E-state index is 0.188. The van der Waals surface area contributed by atoms with Crippen molar-refractivity contribution in [1.82, 2.24) is 5.32 Å². The third-order valence-electron chi connectivity index (χ3n) is 4.26. The van der Waals surface area contributed by atoms with Gasteiger partial charge in [0.2, 0.25) is 6.79 Å². The molecule has 4 rings (SSSR count). The smallest absolute Gasteiger partial charge is 0.275 e. The molecule has 2 aliphatic rings. The lowest BCUT2D eigenvalue weighted by atomic mass is 10.1. The molecule has 2 aliphatic heterocycles. The fourth-order valence-electron chi connectivity index (χ4n) is 2.85. The first kappa shape index (κ1) is 16.2. The van der Waals surface area contributed by atoms with E-state index in [0.29, 0.717) is 29.5 Å².